The molecule has 0 N–H and O–H groups in total. The van der Waals surface area contributed by atoms with Crippen LogP contribution in [0.3, 0.4) is 0 Å². The molecular weight excluding hydrogens is 749 g/mol. The maximum Gasteiger partial charge on any atom is 0.141 e. The van der Waals surface area contributed by atoms with Gasteiger partial charge in [-0.25, -0.2) is 8.78 Å². The lowest BCUT2D eigenvalue weighted by atomic mass is 9.82. The molecule has 2 aliphatic rings. The molecule has 6 aromatic carbocycles. The molecule has 7 heteroatoms. The fourth-order valence-corrected chi connectivity index (χ4v) is 9.20. The van der Waals surface area contributed by atoms with Gasteiger partial charge in [-0.1, -0.05) is 99.4 Å². The molecule has 0 atom stereocenters. The molecule has 6 aromatic rings. The molecule has 51 heavy (non-hydrogen) atoms. The largest absolute Gasteiger partial charge is 0.496 e. The quantitative estimate of drug-likeness (QED) is 0.177. The second-order valence-electron chi connectivity index (χ2n) is 13.9. The first-order valence-corrected chi connectivity index (χ1v) is 18.1. The van der Waals surface area contributed by atoms with Gasteiger partial charge < -0.3 is 9.47 Å². The molecule has 0 heterocycles. The first-order valence-electron chi connectivity index (χ1n) is 16.5. The lowest BCUT2D eigenvalue weighted by Gasteiger charge is -2.24. The molecule has 0 saturated carbocycles. The van der Waals surface area contributed by atoms with E-state index < -0.39 is 0 Å². The van der Waals surface area contributed by atoms with Crippen LogP contribution in [0.5, 0.6) is 11.5 Å². The van der Waals surface area contributed by atoms with Crippen molar-refractivity contribution in [2.75, 3.05) is 14.2 Å². The number of benzene rings is 6. The Labute approximate surface area is 316 Å². The number of hydrogen-bond donors (Lipinski definition) is 0. The van der Waals surface area contributed by atoms with Crippen LogP contribution >= 0.6 is 39.1 Å². The van der Waals surface area contributed by atoms with Crippen molar-refractivity contribution in [3.8, 4) is 56.0 Å². The van der Waals surface area contributed by atoms with Crippen LogP contribution < -0.4 is 9.47 Å². The van der Waals surface area contributed by atoms with Gasteiger partial charge in [-0.2, -0.15) is 0 Å². The molecular formula is C44H35BrCl2F2O2. The summed E-state index contributed by atoms with van der Waals surface area (Å²) in [5.74, 6) is 0.630. The fourth-order valence-electron chi connectivity index (χ4n) is 7.77. The highest BCUT2D eigenvalue weighted by molar-refractivity contribution is 9.10. The van der Waals surface area contributed by atoms with E-state index in [9.17, 15) is 8.78 Å². The molecule has 0 radical (unpaired) electrons. The van der Waals surface area contributed by atoms with Gasteiger partial charge in [-0.05, 0) is 115 Å². The molecule has 0 amide bonds. The Kier molecular flexibility index (Phi) is 9.06. The van der Waals surface area contributed by atoms with Crippen LogP contribution in [0.25, 0.3) is 44.5 Å². The number of rotatable bonds is 4. The molecule has 8 rings (SSSR count). The standard InChI is InChI=1S/C22H17BrClFO.C22H18ClFO/c1-22(2)17-7-5-4-6-13(17)15-11-16(21(26-3)20(23)19(15)22)14-10-12(24)8-9-18(14)25;1-22(2)18-7-5-4-6-14(18)15-11-17(21(25-3)12-19(15)22)16-10-13(23)8-9-20(16)24/h4-11H,1-3H3;4-12H,1-3H3. The number of methoxy groups -OCH3 is 2. The SMILES string of the molecule is COc1c(-c2cc(Cl)ccc2F)cc2c(c1Br)C(C)(C)c1ccccc1-2.COc1cc2c(cc1-c1cc(Cl)ccc1F)-c1ccccc1C2(C)C. The third kappa shape index (κ3) is 5.74. The Morgan fingerprint density at radius 2 is 1.02 bits per heavy atom. The van der Waals surface area contributed by atoms with E-state index in [-0.39, 0.29) is 22.5 Å². The summed E-state index contributed by atoms with van der Waals surface area (Å²) in [5, 5.41) is 0.987. The Morgan fingerprint density at radius 1 is 0.510 bits per heavy atom. The van der Waals surface area contributed by atoms with Crippen molar-refractivity contribution in [1.29, 1.82) is 0 Å². The van der Waals surface area contributed by atoms with Crippen molar-refractivity contribution >= 4 is 39.1 Å². The van der Waals surface area contributed by atoms with Crippen LogP contribution in [-0.4, -0.2) is 14.2 Å². The maximum absolute atomic E-state index is 14.6. The second kappa shape index (κ2) is 13.1. The Bertz CT molecular complexity index is 2370. The molecule has 0 bridgehead atoms. The minimum Gasteiger partial charge on any atom is -0.496 e. The van der Waals surface area contributed by atoms with Crippen LogP contribution in [0.4, 0.5) is 8.78 Å². The number of ether oxygens (including phenoxy) is 2. The van der Waals surface area contributed by atoms with Crippen LogP contribution in [0.2, 0.25) is 10.0 Å². The average Bonchev–Trinajstić information content (AvgIpc) is 3.49. The summed E-state index contributed by atoms with van der Waals surface area (Å²) in [6, 6.07) is 31.9. The van der Waals surface area contributed by atoms with Gasteiger partial charge in [0.25, 0.3) is 0 Å². The topological polar surface area (TPSA) is 18.5 Å². The number of halogens is 5. The zero-order valence-electron chi connectivity index (χ0n) is 29.0. The molecule has 0 fully saturated rings. The maximum atomic E-state index is 14.6. The van der Waals surface area contributed by atoms with Crippen molar-refractivity contribution in [2.24, 2.45) is 0 Å². The predicted molar refractivity (Wildman–Crippen MR) is 210 cm³/mol. The molecule has 258 valence electrons. The number of hydrogen-bond acceptors (Lipinski definition) is 2. The summed E-state index contributed by atoms with van der Waals surface area (Å²) in [5.41, 5.74) is 11.4. The minimum absolute atomic E-state index is 0.120. The van der Waals surface area contributed by atoms with E-state index in [2.05, 4.69) is 80.0 Å². The van der Waals surface area contributed by atoms with E-state index >= 15 is 0 Å². The molecule has 2 nitrogen and oxygen atoms in total. The zero-order chi connectivity index (χ0) is 36.4. The van der Waals surface area contributed by atoms with Gasteiger partial charge in [0.05, 0.1) is 18.7 Å². The molecule has 2 aliphatic carbocycles. The molecule has 0 unspecified atom stereocenters. The van der Waals surface area contributed by atoms with Gasteiger partial charge in [0.1, 0.15) is 23.1 Å². The Morgan fingerprint density at radius 3 is 1.59 bits per heavy atom. The van der Waals surface area contributed by atoms with Crippen LogP contribution in [0, 0.1) is 11.6 Å². The zero-order valence-corrected chi connectivity index (χ0v) is 32.1. The van der Waals surface area contributed by atoms with Crippen molar-refractivity contribution in [1.82, 2.24) is 0 Å². The summed E-state index contributed by atoms with van der Waals surface area (Å²) < 4.78 is 41.2. The molecule has 0 spiro atoms. The van der Waals surface area contributed by atoms with Gasteiger partial charge in [0.2, 0.25) is 0 Å². The van der Waals surface area contributed by atoms with Crippen molar-refractivity contribution < 1.29 is 18.3 Å². The van der Waals surface area contributed by atoms with E-state index in [1.54, 1.807) is 38.5 Å². The molecule has 0 saturated heterocycles. The Hall–Kier alpha value is -4.16. The molecule has 0 aliphatic heterocycles. The summed E-state index contributed by atoms with van der Waals surface area (Å²) >= 11 is 16.0. The third-order valence-electron chi connectivity index (χ3n) is 10.3. The highest BCUT2D eigenvalue weighted by atomic mass is 79.9. The smallest absolute Gasteiger partial charge is 0.141 e. The summed E-state index contributed by atoms with van der Waals surface area (Å²) in [6.07, 6.45) is 0. The van der Waals surface area contributed by atoms with Gasteiger partial charge in [-0.15, -0.1) is 0 Å². The Balaban J connectivity index is 0.000000159. The highest BCUT2D eigenvalue weighted by Gasteiger charge is 2.39. The summed E-state index contributed by atoms with van der Waals surface area (Å²) in [4.78, 5) is 0. The second-order valence-corrected chi connectivity index (χ2v) is 15.5. The number of fused-ring (bicyclic) bond motifs is 6. The van der Waals surface area contributed by atoms with Gasteiger partial charge in [0, 0.05) is 43.1 Å². The van der Waals surface area contributed by atoms with Crippen LogP contribution in [0.15, 0.2) is 108 Å². The van der Waals surface area contributed by atoms with E-state index in [1.165, 1.54) is 39.9 Å². The minimum atomic E-state index is -0.329. The monoisotopic (exact) mass is 782 g/mol. The van der Waals surface area contributed by atoms with E-state index in [1.807, 2.05) is 30.3 Å². The predicted octanol–water partition coefficient (Wildman–Crippen LogP) is 13.7. The first-order chi connectivity index (χ1) is 24.3. The summed E-state index contributed by atoms with van der Waals surface area (Å²) in [7, 11) is 3.22. The van der Waals surface area contributed by atoms with E-state index in [0.29, 0.717) is 43.8 Å². The van der Waals surface area contributed by atoms with Gasteiger partial charge in [0.15, 0.2) is 0 Å². The van der Waals surface area contributed by atoms with Crippen molar-refractivity contribution in [3.63, 3.8) is 0 Å². The van der Waals surface area contributed by atoms with Crippen LogP contribution in [-0.2, 0) is 10.8 Å². The van der Waals surface area contributed by atoms with Gasteiger partial charge in [-0.3, -0.25) is 0 Å². The van der Waals surface area contributed by atoms with E-state index in [4.69, 9.17) is 32.7 Å². The van der Waals surface area contributed by atoms with Crippen LogP contribution in [0.1, 0.15) is 49.9 Å². The third-order valence-corrected chi connectivity index (χ3v) is 11.5. The fraction of sp³-hybridized carbons (Fsp3) is 0.182. The highest BCUT2D eigenvalue weighted by Crippen LogP contribution is 2.56. The average molecular weight is 785 g/mol. The lowest BCUT2D eigenvalue weighted by Crippen LogP contribution is -2.16. The van der Waals surface area contributed by atoms with Crippen molar-refractivity contribution in [2.45, 2.75) is 38.5 Å². The van der Waals surface area contributed by atoms with Gasteiger partial charge >= 0.3 is 0 Å². The molecule has 0 aromatic heterocycles. The first kappa shape index (κ1) is 35.3. The van der Waals surface area contributed by atoms with Crippen molar-refractivity contribution in [3.05, 3.63) is 152 Å². The lowest BCUT2D eigenvalue weighted by molar-refractivity contribution is 0.412. The van der Waals surface area contributed by atoms with E-state index in [0.717, 1.165) is 21.2 Å². The summed E-state index contributed by atoms with van der Waals surface area (Å²) in [6.45, 7) is 8.80. The normalized spacial score (nSPS) is 14.1.